The van der Waals surface area contributed by atoms with Crippen molar-refractivity contribution < 1.29 is 22.6 Å². The summed E-state index contributed by atoms with van der Waals surface area (Å²) in [6.07, 6.45) is -3.63. The monoisotopic (exact) mass is 472 g/mol. The van der Waals surface area contributed by atoms with Crippen molar-refractivity contribution in [1.29, 1.82) is 5.26 Å². The van der Waals surface area contributed by atoms with Gasteiger partial charge >= 0.3 is 6.36 Å². The van der Waals surface area contributed by atoms with Crippen molar-refractivity contribution in [1.82, 2.24) is 9.55 Å². The first kappa shape index (κ1) is 23.4. The van der Waals surface area contributed by atoms with Gasteiger partial charge in [-0.15, -0.1) is 13.2 Å². The number of nitrogens with zero attached hydrogens (tertiary/aromatic N) is 4. The van der Waals surface area contributed by atoms with E-state index in [4.69, 9.17) is 4.74 Å². The van der Waals surface area contributed by atoms with Crippen LogP contribution >= 0.6 is 0 Å². The Labute approximate surface area is 194 Å². The van der Waals surface area contributed by atoms with E-state index in [1.807, 2.05) is 13.0 Å². The number of pyridine rings is 2. The van der Waals surface area contributed by atoms with Gasteiger partial charge in [-0.3, -0.25) is 4.79 Å². The molecule has 3 aromatic rings. The van der Waals surface area contributed by atoms with Crippen LogP contribution in [0.2, 0.25) is 0 Å². The van der Waals surface area contributed by atoms with Crippen molar-refractivity contribution in [2.24, 2.45) is 13.0 Å². The number of benzene rings is 1. The lowest BCUT2D eigenvalue weighted by Gasteiger charge is -2.39. The third kappa shape index (κ3) is 4.93. The standard InChI is InChI=1S/C24H23F3N4O3/c1-3-15-14-31(20-12-22(32)30(2)19-8-7-16(13-28)29-23(19)20)10-9-21(15)33-17-5-4-6-18(11-17)34-24(25,26)27/h4-8,11-12,15,21H,3,9-10,14H2,1-2H3/t15-,21-/m1/s1. The number of aryl methyl sites for hydroxylation is 1. The Morgan fingerprint density at radius 2 is 1.97 bits per heavy atom. The Morgan fingerprint density at radius 3 is 2.68 bits per heavy atom. The van der Waals surface area contributed by atoms with Gasteiger partial charge in [-0.1, -0.05) is 13.0 Å². The molecule has 2 atom stereocenters. The molecular weight excluding hydrogens is 449 g/mol. The predicted octanol–water partition coefficient (Wildman–Crippen LogP) is 4.39. The van der Waals surface area contributed by atoms with Crippen LogP contribution in [0.15, 0.2) is 47.3 Å². The number of ether oxygens (including phenoxy) is 2. The SMILES string of the molecule is CC[C@@H]1CN(c2cc(=O)n(C)c3ccc(C#N)nc23)CC[C@H]1Oc1cccc(OC(F)(F)F)c1. The van der Waals surface area contributed by atoms with Crippen LogP contribution in [0.4, 0.5) is 18.9 Å². The molecule has 1 aromatic carbocycles. The Hall–Kier alpha value is -3.74. The molecule has 0 unspecified atom stereocenters. The highest BCUT2D eigenvalue weighted by Gasteiger charge is 2.33. The zero-order valence-corrected chi connectivity index (χ0v) is 18.7. The fourth-order valence-electron chi connectivity index (χ4n) is 4.31. The van der Waals surface area contributed by atoms with E-state index in [2.05, 4.69) is 14.6 Å². The van der Waals surface area contributed by atoms with Gasteiger partial charge in [0.2, 0.25) is 0 Å². The number of rotatable bonds is 5. The first-order chi connectivity index (χ1) is 16.2. The maximum atomic E-state index is 12.6. The number of alkyl halides is 3. The third-order valence-corrected chi connectivity index (χ3v) is 6.04. The van der Waals surface area contributed by atoms with Gasteiger partial charge in [0.05, 0.1) is 11.2 Å². The highest BCUT2D eigenvalue weighted by Crippen LogP contribution is 2.33. The molecule has 1 fully saturated rings. The van der Waals surface area contributed by atoms with E-state index in [-0.39, 0.29) is 29.0 Å². The Bertz CT molecular complexity index is 1300. The van der Waals surface area contributed by atoms with Crippen molar-refractivity contribution in [2.75, 3.05) is 18.0 Å². The molecule has 4 rings (SSSR count). The molecule has 0 amide bonds. The van der Waals surface area contributed by atoms with Crippen LogP contribution in [-0.2, 0) is 7.05 Å². The van der Waals surface area contributed by atoms with Crippen molar-refractivity contribution in [3.05, 3.63) is 58.5 Å². The largest absolute Gasteiger partial charge is 0.573 e. The smallest absolute Gasteiger partial charge is 0.490 e. The van der Waals surface area contributed by atoms with E-state index in [0.29, 0.717) is 42.0 Å². The predicted molar refractivity (Wildman–Crippen MR) is 120 cm³/mol. The molecule has 0 N–H and O–H groups in total. The van der Waals surface area contributed by atoms with Crippen LogP contribution in [0.5, 0.6) is 11.5 Å². The Balaban J connectivity index is 1.58. The lowest BCUT2D eigenvalue weighted by atomic mass is 9.91. The molecule has 0 spiro atoms. The minimum atomic E-state index is -4.77. The molecule has 3 heterocycles. The summed E-state index contributed by atoms with van der Waals surface area (Å²) < 4.78 is 49.2. The van der Waals surface area contributed by atoms with Crippen molar-refractivity contribution in [2.45, 2.75) is 32.2 Å². The lowest BCUT2D eigenvalue weighted by Crippen LogP contribution is -2.46. The summed E-state index contributed by atoms with van der Waals surface area (Å²) in [5, 5.41) is 9.28. The van der Waals surface area contributed by atoms with Crippen molar-refractivity contribution in [3.8, 4) is 17.6 Å². The van der Waals surface area contributed by atoms with Gasteiger partial charge in [-0.05, 0) is 30.7 Å². The number of fused-ring (bicyclic) bond motifs is 1. The van der Waals surface area contributed by atoms with Gasteiger partial charge in [0, 0.05) is 44.6 Å². The summed E-state index contributed by atoms with van der Waals surface area (Å²) in [4.78, 5) is 19.1. The fourth-order valence-corrected chi connectivity index (χ4v) is 4.31. The van der Waals surface area contributed by atoms with Crippen molar-refractivity contribution >= 4 is 16.7 Å². The molecule has 34 heavy (non-hydrogen) atoms. The van der Waals surface area contributed by atoms with E-state index in [1.165, 1.54) is 28.8 Å². The third-order valence-electron chi connectivity index (χ3n) is 6.04. The summed E-state index contributed by atoms with van der Waals surface area (Å²) in [5.74, 6) is 0.0265. The molecule has 0 bridgehead atoms. The summed E-state index contributed by atoms with van der Waals surface area (Å²) in [5.41, 5.74) is 1.95. The number of halogens is 3. The fraction of sp³-hybridized carbons (Fsp3) is 0.375. The second-order valence-electron chi connectivity index (χ2n) is 8.18. The van der Waals surface area contributed by atoms with Gasteiger partial charge in [-0.25, -0.2) is 4.98 Å². The highest BCUT2D eigenvalue weighted by molar-refractivity contribution is 5.88. The van der Waals surface area contributed by atoms with Crippen LogP contribution in [0.3, 0.4) is 0 Å². The normalized spacial score (nSPS) is 18.5. The summed E-state index contributed by atoms with van der Waals surface area (Å²) in [6.45, 7) is 3.14. The van der Waals surface area contributed by atoms with Crippen LogP contribution in [0, 0.1) is 17.2 Å². The Kier molecular flexibility index (Phi) is 6.37. The zero-order chi connectivity index (χ0) is 24.5. The molecule has 0 radical (unpaired) electrons. The number of hydrogen-bond acceptors (Lipinski definition) is 6. The van der Waals surface area contributed by atoms with Gasteiger partial charge in [-0.2, -0.15) is 5.26 Å². The topological polar surface area (TPSA) is 80.4 Å². The van der Waals surface area contributed by atoms with Gasteiger partial charge < -0.3 is 18.9 Å². The quantitative estimate of drug-likeness (QED) is 0.548. The maximum absolute atomic E-state index is 12.6. The summed E-state index contributed by atoms with van der Waals surface area (Å²) in [6, 6.07) is 12.4. The van der Waals surface area contributed by atoms with E-state index >= 15 is 0 Å². The van der Waals surface area contributed by atoms with Crippen molar-refractivity contribution in [3.63, 3.8) is 0 Å². The second kappa shape index (κ2) is 9.25. The summed E-state index contributed by atoms with van der Waals surface area (Å²) >= 11 is 0. The number of aromatic nitrogens is 2. The minimum absolute atomic E-state index is 0.0548. The molecule has 178 valence electrons. The molecule has 1 aliphatic heterocycles. The molecule has 7 nitrogen and oxygen atoms in total. The zero-order valence-electron chi connectivity index (χ0n) is 18.7. The molecule has 1 aliphatic rings. The van der Waals surface area contributed by atoms with E-state index in [1.54, 1.807) is 25.2 Å². The number of piperidine rings is 1. The first-order valence-electron chi connectivity index (χ1n) is 10.9. The van der Waals surface area contributed by atoms with Gasteiger partial charge in [0.25, 0.3) is 5.56 Å². The van der Waals surface area contributed by atoms with E-state index in [9.17, 15) is 23.2 Å². The molecule has 2 aromatic heterocycles. The number of hydrogen-bond donors (Lipinski definition) is 0. The van der Waals surface area contributed by atoms with Gasteiger partial charge in [0.15, 0.2) is 0 Å². The number of nitriles is 1. The Morgan fingerprint density at radius 1 is 1.21 bits per heavy atom. The van der Waals surface area contributed by atoms with Gasteiger partial charge in [0.1, 0.15) is 34.9 Å². The second-order valence-corrected chi connectivity index (χ2v) is 8.18. The minimum Gasteiger partial charge on any atom is -0.490 e. The molecular formula is C24H23F3N4O3. The molecule has 0 aliphatic carbocycles. The average Bonchev–Trinajstić information content (AvgIpc) is 2.80. The molecule has 0 saturated carbocycles. The van der Waals surface area contributed by atoms with Crippen LogP contribution in [0.25, 0.3) is 11.0 Å². The van der Waals surface area contributed by atoms with Crippen LogP contribution < -0.4 is 19.9 Å². The van der Waals surface area contributed by atoms with E-state index < -0.39 is 6.36 Å². The maximum Gasteiger partial charge on any atom is 0.573 e. The van der Waals surface area contributed by atoms with Crippen LogP contribution in [-0.4, -0.2) is 35.1 Å². The highest BCUT2D eigenvalue weighted by atomic mass is 19.4. The number of anilines is 1. The first-order valence-corrected chi connectivity index (χ1v) is 10.9. The average molecular weight is 472 g/mol. The summed E-state index contributed by atoms with van der Waals surface area (Å²) in [7, 11) is 1.66. The van der Waals surface area contributed by atoms with Crippen LogP contribution in [0.1, 0.15) is 25.5 Å². The molecule has 1 saturated heterocycles. The van der Waals surface area contributed by atoms with E-state index in [0.717, 1.165) is 6.42 Å². The lowest BCUT2D eigenvalue weighted by molar-refractivity contribution is -0.274. The molecule has 10 heteroatoms.